The summed E-state index contributed by atoms with van der Waals surface area (Å²) in [6, 6.07) is 6.57. The van der Waals surface area contributed by atoms with E-state index in [1.807, 2.05) is 0 Å². The van der Waals surface area contributed by atoms with Gasteiger partial charge in [-0.3, -0.25) is 4.68 Å². The molecule has 2 N–H and O–H groups in total. The van der Waals surface area contributed by atoms with Gasteiger partial charge >= 0.3 is 0 Å². The number of halogens is 2. The second-order valence-corrected chi connectivity index (χ2v) is 5.08. The van der Waals surface area contributed by atoms with Crippen LogP contribution in [0.2, 0.25) is 0 Å². The van der Waals surface area contributed by atoms with Crippen LogP contribution in [0, 0.1) is 0 Å². The highest BCUT2D eigenvalue weighted by molar-refractivity contribution is 5.21. The minimum absolute atomic E-state index is 0.0370. The Bertz CT molecular complexity index is 571. The fourth-order valence-corrected chi connectivity index (χ4v) is 2.06. The van der Waals surface area contributed by atoms with Crippen molar-refractivity contribution in [1.29, 1.82) is 0 Å². The average Bonchev–Trinajstić information content (AvgIpc) is 2.92. The van der Waals surface area contributed by atoms with Crippen LogP contribution < -0.4 is 5.32 Å². The van der Waals surface area contributed by atoms with Crippen molar-refractivity contribution >= 4 is 0 Å². The number of aliphatic hydroxyl groups is 1. The second kappa shape index (κ2) is 6.32. The van der Waals surface area contributed by atoms with Crippen LogP contribution in [-0.4, -0.2) is 27.5 Å². The Morgan fingerprint density at radius 2 is 2.00 bits per heavy atom. The Morgan fingerprint density at radius 3 is 2.57 bits per heavy atom. The molecule has 1 aromatic heterocycles. The highest BCUT2D eigenvalue weighted by atomic mass is 19.3. The molecular weight excluding hydrogens is 276 g/mol. The number of hydrogen-bond donors (Lipinski definition) is 2. The summed E-state index contributed by atoms with van der Waals surface area (Å²) in [4.78, 5) is 0. The van der Waals surface area contributed by atoms with Crippen molar-refractivity contribution in [2.45, 2.75) is 25.0 Å². The van der Waals surface area contributed by atoms with E-state index in [-0.39, 0.29) is 12.1 Å². The number of hydrogen-bond acceptors (Lipinski definition) is 3. The highest BCUT2D eigenvalue weighted by Gasteiger charge is 2.38. The molecule has 0 saturated heterocycles. The maximum absolute atomic E-state index is 14.2. The van der Waals surface area contributed by atoms with E-state index in [1.165, 1.54) is 25.3 Å². The van der Waals surface area contributed by atoms with E-state index < -0.39 is 18.1 Å². The SMILES string of the molecule is CC(NCC(O)c1cnn(C)c1)C(F)(F)c1ccccc1. The van der Waals surface area contributed by atoms with Crippen LogP contribution in [0.3, 0.4) is 0 Å². The third-order valence-corrected chi connectivity index (χ3v) is 3.43. The molecule has 0 bridgehead atoms. The Kier molecular flexibility index (Phi) is 4.69. The zero-order chi connectivity index (χ0) is 15.5. The van der Waals surface area contributed by atoms with Gasteiger partial charge in [-0.1, -0.05) is 30.3 Å². The molecule has 2 unspecified atom stereocenters. The standard InChI is InChI=1S/C15H19F2N3O/c1-11(15(16,17)13-6-4-3-5-7-13)18-9-14(21)12-8-19-20(2)10-12/h3-8,10-11,14,18,21H,9H2,1-2H3. The molecule has 2 atom stereocenters. The van der Waals surface area contributed by atoms with Crippen LogP contribution in [0.15, 0.2) is 42.7 Å². The molecule has 0 radical (unpaired) electrons. The van der Waals surface area contributed by atoms with Crippen LogP contribution in [0.25, 0.3) is 0 Å². The molecule has 0 fully saturated rings. The van der Waals surface area contributed by atoms with E-state index in [4.69, 9.17) is 0 Å². The summed E-state index contributed by atoms with van der Waals surface area (Å²) in [6.45, 7) is 1.44. The van der Waals surface area contributed by atoms with Crippen LogP contribution in [0.4, 0.5) is 8.78 Å². The first kappa shape index (κ1) is 15.6. The van der Waals surface area contributed by atoms with Gasteiger partial charge in [0.1, 0.15) is 0 Å². The number of aliphatic hydroxyl groups excluding tert-OH is 1. The average molecular weight is 295 g/mol. The smallest absolute Gasteiger partial charge is 0.287 e. The summed E-state index contributed by atoms with van der Waals surface area (Å²) in [5.74, 6) is -3.00. The van der Waals surface area contributed by atoms with E-state index in [9.17, 15) is 13.9 Å². The van der Waals surface area contributed by atoms with Crippen molar-refractivity contribution in [3.63, 3.8) is 0 Å². The van der Waals surface area contributed by atoms with Gasteiger partial charge in [-0.15, -0.1) is 0 Å². The molecule has 1 aromatic carbocycles. The minimum Gasteiger partial charge on any atom is -0.387 e. The van der Waals surface area contributed by atoms with E-state index in [0.717, 1.165) is 0 Å². The fraction of sp³-hybridized carbons (Fsp3) is 0.400. The predicted molar refractivity (Wildman–Crippen MR) is 76.0 cm³/mol. The van der Waals surface area contributed by atoms with Crippen LogP contribution >= 0.6 is 0 Å². The van der Waals surface area contributed by atoms with E-state index in [2.05, 4.69) is 10.4 Å². The molecule has 114 valence electrons. The lowest BCUT2D eigenvalue weighted by atomic mass is 10.0. The van der Waals surface area contributed by atoms with Crippen LogP contribution in [-0.2, 0) is 13.0 Å². The lowest BCUT2D eigenvalue weighted by Crippen LogP contribution is -2.42. The second-order valence-electron chi connectivity index (χ2n) is 5.08. The van der Waals surface area contributed by atoms with Crippen LogP contribution in [0.5, 0.6) is 0 Å². The largest absolute Gasteiger partial charge is 0.387 e. The summed E-state index contributed by atoms with van der Waals surface area (Å²) in [7, 11) is 1.73. The van der Waals surface area contributed by atoms with Gasteiger partial charge in [-0.25, -0.2) is 0 Å². The van der Waals surface area contributed by atoms with Crippen molar-refractivity contribution in [3.05, 3.63) is 53.9 Å². The van der Waals surface area contributed by atoms with E-state index in [1.54, 1.807) is 36.1 Å². The Morgan fingerprint density at radius 1 is 1.33 bits per heavy atom. The minimum atomic E-state index is -3.00. The topological polar surface area (TPSA) is 50.1 Å². The van der Waals surface area contributed by atoms with E-state index in [0.29, 0.717) is 5.56 Å². The van der Waals surface area contributed by atoms with Crippen molar-refractivity contribution in [1.82, 2.24) is 15.1 Å². The predicted octanol–water partition coefficient (Wildman–Crippen LogP) is 2.22. The van der Waals surface area contributed by atoms with Gasteiger partial charge in [0.15, 0.2) is 0 Å². The molecule has 0 spiro atoms. The summed E-state index contributed by atoms with van der Waals surface area (Å²) in [6.07, 6.45) is 2.31. The van der Waals surface area contributed by atoms with Gasteiger partial charge in [0.2, 0.25) is 0 Å². The third kappa shape index (κ3) is 3.65. The summed E-state index contributed by atoms with van der Waals surface area (Å²) in [5.41, 5.74) is 0.557. The zero-order valence-electron chi connectivity index (χ0n) is 12.0. The summed E-state index contributed by atoms with van der Waals surface area (Å²) < 4.78 is 30.0. The molecule has 0 aliphatic heterocycles. The molecule has 2 aromatic rings. The first-order valence-electron chi connectivity index (χ1n) is 6.74. The number of aryl methyl sites for hydroxylation is 1. The number of nitrogens with zero attached hydrogens (tertiary/aromatic N) is 2. The molecule has 0 aliphatic rings. The van der Waals surface area contributed by atoms with Crippen molar-refractivity contribution < 1.29 is 13.9 Å². The van der Waals surface area contributed by atoms with Gasteiger partial charge < -0.3 is 10.4 Å². The molecule has 21 heavy (non-hydrogen) atoms. The van der Waals surface area contributed by atoms with Crippen molar-refractivity contribution in [2.24, 2.45) is 7.05 Å². The normalized spacial score (nSPS) is 14.9. The van der Waals surface area contributed by atoms with Gasteiger partial charge in [-0.05, 0) is 6.92 Å². The molecule has 0 saturated carbocycles. The fourth-order valence-electron chi connectivity index (χ4n) is 2.06. The number of benzene rings is 1. The van der Waals surface area contributed by atoms with Gasteiger partial charge in [0, 0.05) is 30.9 Å². The molecular formula is C15H19F2N3O. The maximum atomic E-state index is 14.2. The first-order chi connectivity index (χ1) is 9.91. The maximum Gasteiger partial charge on any atom is 0.287 e. The monoisotopic (exact) mass is 295 g/mol. The summed E-state index contributed by atoms with van der Waals surface area (Å²) in [5, 5.41) is 16.6. The van der Waals surface area contributed by atoms with Gasteiger partial charge in [0.25, 0.3) is 5.92 Å². The third-order valence-electron chi connectivity index (χ3n) is 3.43. The molecule has 0 aliphatic carbocycles. The Labute approximate surface area is 122 Å². The van der Waals surface area contributed by atoms with Gasteiger partial charge in [0.05, 0.1) is 18.3 Å². The quantitative estimate of drug-likeness (QED) is 0.859. The van der Waals surface area contributed by atoms with Crippen LogP contribution in [0.1, 0.15) is 24.2 Å². The first-order valence-corrected chi connectivity index (χ1v) is 6.74. The Balaban J connectivity index is 1.96. The molecule has 4 nitrogen and oxygen atoms in total. The Hall–Kier alpha value is -1.79. The van der Waals surface area contributed by atoms with Gasteiger partial charge in [-0.2, -0.15) is 13.9 Å². The zero-order valence-corrected chi connectivity index (χ0v) is 12.0. The molecule has 6 heteroatoms. The molecule has 2 rings (SSSR count). The summed E-state index contributed by atoms with van der Waals surface area (Å²) >= 11 is 0. The highest BCUT2D eigenvalue weighted by Crippen LogP contribution is 2.31. The van der Waals surface area contributed by atoms with E-state index >= 15 is 0 Å². The number of alkyl halides is 2. The molecule has 0 amide bonds. The lowest BCUT2D eigenvalue weighted by Gasteiger charge is -2.26. The number of rotatable bonds is 6. The number of aromatic nitrogens is 2. The lowest BCUT2D eigenvalue weighted by molar-refractivity contribution is -0.0404. The van der Waals surface area contributed by atoms with Crippen molar-refractivity contribution in [3.8, 4) is 0 Å². The number of nitrogens with one attached hydrogen (secondary N) is 1. The van der Waals surface area contributed by atoms with Crippen molar-refractivity contribution in [2.75, 3.05) is 6.54 Å². The molecule has 1 heterocycles.